The first-order valence-corrected chi connectivity index (χ1v) is 10.7. The van der Waals surface area contributed by atoms with Gasteiger partial charge in [0.2, 0.25) is 0 Å². The molecule has 0 aliphatic rings. The molecule has 0 saturated carbocycles. The van der Waals surface area contributed by atoms with Crippen molar-refractivity contribution < 1.29 is 13.9 Å². The van der Waals surface area contributed by atoms with Crippen molar-refractivity contribution >= 4 is 39.3 Å². The van der Waals surface area contributed by atoms with Crippen LogP contribution in [0.2, 0.25) is 0 Å². The zero-order valence-electron chi connectivity index (χ0n) is 18.4. The Morgan fingerprint density at radius 3 is 2.47 bits per heavy atom. The number of methoxy groups -OCH3 is 1. The lowest BCUT2D eigenvalue weighted by molar-refractivity contribution is 0.104. The van der Waals surface area contributed by atoms with E-state index in [2.05, 4.69) is 18.7 Å². The van der Waals surface area contributed by atoms with E-state index < -0.39 is 11.4 Å². The van der Waals surface area contributed by atoms with Crippen molar-refractivity contribution in [2.24, 2.45) is 0 Å². The summed E-state index contributed by atoms with van der Waals surface area (Å²) in [6.07, 6.45) is 3.13. The first kappa shape index (κ1) is 21.4. The molecule has 162 valence electrons. The van der Waals surface area contributed by atoms with E-state index in [1.165, 1.54) is 6.08 Å². The molecule has 5 nitrogen and oxygen atoms in total. The van der Waals surface area contributed by atoms with Crippen LogP contribution in [0.1, 0.15) is 29.8 Å². The Labute approximate surface area is 186 Å². The second-order valence-electron chi connectivity index (χ2n) is 7.44. The normalized spacial score (nSPS) is 11.3. The minimum Gasteiger partial charge on any atom is -0.496 e. The fraction of sp³-hybridized carbons (Fsp3) is 0.185. The van der Waals surface area contributed by atoms with Gasteiger partial charge in [0.25, 0.3) is 0 Å². The van der Waals surface area contributed by atoms with Gasteiger partial charge in [0, 0.05) is 35.6 Å². The van der Waals surface area contributed by atoms with Crippen molar-refractivity contribution in [2.45, 2.75) is 13.8 Å². The maximum atomic E-state index is 12.8. The van der Waals surface area contributed by atoms with Gasteiger partial charge in [0.1, 0.15) is 16.9 Å². The summed E-state index contributed by atoms with van der Waals surface area (Å²) in [7, 11) is 1.63. The second-order valence-corrected chi connectivity index (χ2v) is 7.44. The van der Waals surface area contributed by atoms with Gasteiger partial charge >= 0.3 is 5.63 Å². The molecule has 0 N–H and O–H groups in total. The molecule has 0 unspecified atom stereocenters. The number of hydrogen-bond donors (Lipinski definition) is 0. The number of ether oxygens (including phenoxy) is 1. The van der Waals surface area contributed by atoms with E-state index in [4.69, 9.17) is 9.15 Å². The van der Waals surface area contributed by atoms with Gasteiger partial charge in [-0.15, -0.1) is 0 Å². The van der Waals surface area contributed by atoms with Crippen LogP contribution in [0.3, 0.4) is 0 Å². The lowest BCUT2D eigenvalue weighted by Gasteiger charge is -2.20. The Morgan fingerprint density at radius 1 is 1.00 bits per heavy atom. The van der Waals surface area contributed by atoms with E-state index in [1.54, 1.807) is 19.3 Å². The molecular formula is C27H25NO4. The van der Waals surface area contributed by atoms with Crippen LogP contribution in [0.15, 0.2) is 76.0 Å². The van der Waals surface area contributed by atoms with Crippen molar-refractivity contribution in [1.29, 1.82) is 0 Å². The second kappa shape index (κ2) is 9.10. The SMILES string of the molecule is CCN(CC)c1ccc2cc(C(=O)/C=C/c3ccc(OC)c4ccccc34)c(=O)oc2c1. The van der Waals surface area contributed by atoms with Crippen LogP contribution in [-0.2, 0) is 0 Å². The molecule has 0 radical (unpaired) electrons. The number of carbonyl (C=O) groups excluding carboxylic acids is 1. The predicted octanol–water partition coefficient (Wildman–Crippen LogP) is 5.70. The number of rotatable bonds is 7. The zero-order chi connectivity index (χ0) is 22.7. The lowest BCUT2D eigenvalue weighted by atomic mass is 10.0. The Bertz CT molecular complexity index is 1380. The number of fused-ring (bicyclic) bond motifs is 2. The first-order chi connectivity index (χ1) is 15.5. The molecule has 4 rings (SSSR count). The summed E-state index contributed by atoms with van der Waals surface area (Å²) in [5.41, 5.74) is 1.70. The highest BCUT2D eigenvalue weighted by atomic mass is 16.5. The van der Waals surface area contributed by atoms with Crippen molar-refractivity contribution in [3.8, 4) is 5.75 Å². The molecule has 1 aromatic heterocycles. The number of carbonyl (C=O) groups is 1. The maximum absolute atomic E-state index is 12.8. The van der Waals surface area contributed by atoms with Crippen molar-refractivity contribution in [2.75, 3.05) is 25.1 Å². The fourth-order valence-corrected chi connectivity index (χ4v) is 3.93. The standard InChI is InChI=1S/C27H25NO4/c1-4-28(5-2)20-13-10-19-16-23(27(30)32-26(19)17-20)24(29)14-11-18-12-15-25(31-3)22-9-7-6-8-21(18)22/h6-17H,4-5H2,1-3H3/b14-11+. The van der Waals surface area contributed by atoms with Crippen LogP contribution in [0.25, 0.3) is 27.8 Å². The van der Waals surface area contributed by atoms with Crippen LogP contribution < -0.4 is 15.3 Å². The van der Waals surface area contributed by atoms with Gasteiger partial charge in [-0.1, -0.05) is 36.4 Å². The molecule has 4 aromatic rings. The summed E-state index contributed by atoms with van der Waals surface area (Å²) in [5.74, 6) is 0.372. The zero-order valence-corrected chi connectivity index (χ0v) is 18.4. The number of allylic oxidation sites excluding steroid dienone is 1. The molecule has 3 aromatic carbocycles. The van der Waals surface area contributed by atoms with E-state index in [9.17, 15) is 9.59 Å². The maximum Gasteiger partial charge on any atom is 0.347 e. The monoisotopic (exact) mass is 427 g/mol. The number of ketones is 1. The smallest absolute Gasteiger partial charge is 0.347 e. The van der Waals surface area contributed by atoms with Gasteiger partial charge in [-0.25, -0.2) is 4.79 Å². The van der Waals surface area contributed by atoms with E-state index in [-0.39, 0.29) is 5.56 Å². The van der Waals surface area contributed by atoms with Crippen molar-refractivity contribution in [1.82, 2.24) is 0 Å². The number of nitrogens with zero attached hydrogens (tertiary/aromatic N) is 1. The Balaban J connectivity index is 1.68. The minimum absolute atomic E-state index is 0.0159. The molecule has 0 aliphatic carbocycles. The molecular weight excluding hydrogens is 402 g/mol. The largest absolute Gasteiger partial charge is 0.496 e. The Kier molecular flexibility index (Phi) is 6.08. The molecule has 5 heteroatoms. The molecule has 0 amide bonds. The van der Waals surface area contributed by atoms with E-state index in [1.807, 2.05) is 54.6 Å². The van der Waals surface area contributed by atoms with Crippen LogP contribution in [-0.4, -0.2) is 26.0 Å². The van der Waals surface area contributed by atoms with Crippen molar-refractivity contribution in [3.05, 3.63) is 88.3 Å². The Morgan fingerprint density at radius 2 is 1.75 bits per heavy atom. The molecule has 0 aliphatic heterocycles. The van der Waals surface area contributed by atoms with Crippen LogP contribution in [0.5, 0.6) is 5.75 Å². The summed E-state index contributed by atoms with van der Waals surface area (Å²) in [6.45, 7) is 5.86. The molecule has 0 atom stereocenters. The third kappa shape index (κ3) is 4.02. The summed E-state index contributed by atoms with van der Waals surface area (Å²) in [5, 5.41) is 2.64. The Hall–Kier alpha value is -3.86. The van der Waals surface area contributed by atoms with Crippen LogP contribution in [0, 0.1) is 0 Å². The number of anilines is 1. The highest BCUT2D eigenvalue weighted by Gasteiger charge is 2.13. The van der Waals surface area contributed by atoms with Crippen LogP contribution in [0.4, 0.5) is 5.69 Å². The molecule has 1 heterocycles. The lowest BCUT2D eigenvalue weighted by Crippen LogP contribution is -2.21. The van der Waals surface area contributed by atoms with Gasteiger partial charge in [-0.05, 0) is 55.1 Å². The fourth-order valence-electron chi connectivity index (χ4n) is 3.93. The average molecular weight is 428 g/mol. The van der Waals surface area contributed by atoms with Gasteiger partial charge < -0.3 is 14.1 Å². The minimum atomic E-state index is -0.636. The van der Waals surface area contributed by atoms with Gasteiger partial charge in [-0.3, -0.25) is 4.79 Å². The quantitative estimate of drug-likeness (QED) is 0.215. The van der Waals surface area contributed by atoms with Gasteiger partial charge in [0.05, 0.1) is 7.11 Å². The summed E-state index contributed by atoms with van der Waals surface area (Å²) < 4.78 is 10.9. The highest BCUT2D eigenvalue weighted by Crippen LogP contribution is 2.29. The predicted molar refractivity (Wildman–Crippen MR) is 130 cm³/mol. The van der Waals surface area contributed by atoms with E-state index in [0.29, 0.717) is 11.0 Å². The third-order valence-corrected chi connectivity index (χ3v) is 5.67. The third-order valence-electron chi connectivity index (χ3n) is 5.67. The molecule has 32 heavy (non-hydrogen) atoms. The number of benzene rings is 3. The van der Waals surface area contributed by atoms with Crippen LogP contribution >= 0.6 is 0 Å². The molecule has 0 bridgehead atoms. The molecule has 0 saturated heterocycles. The van der Waals surface area contributed by atoms with Gasteiger partial charge in [0.15, 0.2) is 5.78 Å². The van der Waals surface area contributed by atoms with Crippen molar-refractivity contribution in [3.63, 3.8) is 0 Å². The van der Waals surface area contributed by atoms with Gasteiger partial charge in [-0.2, -0.15) is 0 Å². The topological polar surface area (TPSA) is 59.8 Å². The van der Waals surface area contributed by atoms with E-state index >= 15 is 0 Å². The first-order valence-electron chi connectivity index (χ1n) is 10.7. The molecule has 0 spiro atoms. The van der Waals surface area contributed by atoms with E-state index in [0.717, 1.165) is 40.9 Å². The highest BCUT2D eigenvalue weighted by molar-refractivity contribution is 6.09. The summed E-state index contributed by atoms with van der Waals surface area (Å²) in [4.78, 5) is 27.5. The molecule has 0 fully saturated rings. The number of hydrogen-bond acceptors (Lipinski definition) is 5. The summed E-state index contributed by atoms with van der Waals surface area (Å²) in [6, 6.07) is 18.9. The average Bonchev–Trinajstić information content (AvgIpc) is 2.82. The summed E-state index contributed by atoms with van der Waals surface area (Å²) >= 11 is 0.